The topological polar surface area (TPSA) is 41.7 Å². The average molecular weight is 470 g/mol. The Labute approximate surface area is 185 Å². The second kappa shape index (κ2) is 9.72. The summed E-state index contributed by atoms with van der Waals surface area (Å²) in [4.78, 5) is 0. The number of anilines is 1. The minimum atomic E-state index is 0. The zero-order chi connectivity index (χ0) is 19.3. The number of fused-ring (bicyclic) bond motifs is 1. The molecule has 0 spiro atoms. The summed E-state index contributed by atoms with van der Waals surface area (Å²) in [5, 5.41) is 10.1. The van der Waals surface area contributed by atoms with Gasteiger partial charge in [0.2, 0.25) is 0 Å². The van der Waals surface area contributed by atoms with E-state index in [2.05, 4.69) is 91.7 Å². The average Bonchev–Trinajstić information content (AvgIpc) is 3.03. The Hall–Kier alpha value is -2.63. The van der Waals surface area contributed by atoms with Crippen molar-refractivity contribution >= 4 is 50.7 Å². The fourth-order valence-corrected chi connectivity index (χ4v) is 3.67. The second-order valence-corrected chi connectivity index (χ2v) is 7.48. The third-order valence-corrected chi connectivity index (χ3v) is 5.28. The summed E-state index contributed by atoms with van der Waals surface area (Å²) in [6, 6.07) is 26.8. The molecule has 1 heterocycles. The summed E-state index contributed by atoms with van der Waals surface area (Å²) < 4.78 is 3.28. The standard InChI is InChI=1S/C23H21BrN4.ClH/c1-2-20-21-10-6-7-11-22(21)28(16-17-8-4-3-5-9-17)23(20)26-27-25-19-14-12-18(24)13-15-19;/h3-15H,2,16H2,1H3,(H,25,26);1H. The molecule has 0 radical (unpaired) electrons. The summed E-state index contributed by atoms with van der Waals surface area (Å²) >= 11 is 3.44. The monoisotopic (exact) mass is 468 g/mol. The van der Waals surface area contributed by atoms with E-state index in [1.54, 1.807) is 0 Å². The number of hydrogen-bond acceptors (Lipinski definition) is 2. The lowest BCUT2D eigenvalue weighted by molar-refractivity contribution is 0.820. The molecule has 3 aromatic carbocycles. The molecule has 4 rings (SSSR count). The number of para-hydroxylation sites is 1. The third-order valence-electron chi connectivity index (χ3n) is 4.75. The molecule has 0 saturated carbocycles. The van der Waals surface area contributed by atoms with Gasteiger partial charge in [-0.25, -0.2) is 0 Å². The molecule has 148 valence electrons. The van der Waals surface area contributed by atoms with Crippen molar-refractivity contribution in [2.24, 2.45) is 10.3 Å². The first-order valence-electron chi connectivity index (χ1n) is 9.32. The van der Waals surface area contributed by atoms with Crippen LogP contribution in [0.2, 0.25) is 0 Å². The van der Waals surface area contributed by atoms with Crippen LogP contribution >= 0.6 is 28.3 Å². The maximum Gasteiger partial charge on any atom is 0.161 e. The number of hydrogen-bond donors (Lipinski definition) is 1. The van der Waals surface area contributed by atoms with Crippen molar-refractivity contribution in [2.75, 3.05) is 5.43 Å². The molecule has 0 atom stereocenters. The van der Waals surface area contributed by atoms with Gasteiger partial charge >= 0.3 is 0 Å². The van der Waals surface area contributed by atoms with Gasteiger partial charge in [0.1, 0.15) is 0 Å². The molecule has 0 bridgehead atoms. The Bertz CT molecular complexity index is 1110. The number of benzene rings is 3. The SMILES string of the molecule is CCc1c(/N=N/Nc2ccc(Br)cc2)n(Cc2ccccc2)c2ccccc12.Cl. The second-order valence-electron chi connectivity index (χ2n) is 6.56. The molecule has 0 aliphatic heterocycles. The van der Waals surface area contributed by atoms with Crippen molar-refractivity contribution in [3.05, 3.63) is 94.5 Å². The molecular weight excluding hydrogens is 448 g/mol. The van der Waals surface area contributed by atoms with Gasteiger partial charge in [-0.05, 0) is 42.3 Å². The summed E-state index contributed by atoms with van der Waals surface area (Å²) in [6.45, 7) is 2.92. The van der Waals surface area contributed by atoms with Gasteiger partial charge in [-0.1, -0.05) is 76.6 Å². The van der Waals surface area contributed by atoms with E-state index in [1.807, 2.05) is 30.3 Å². The number of rotatable bonds is 6. The Morgan fingerprint density at radius 2 is 1.59 bits per heavy atom. The van der Waals surface area contributed by atoms with Crippen molar-refractivity contribution in [1.82, 2.24) is 4.57 Å². The van der Waals surface area contributed by atoms with E-state index in [0.717, 1.165) is 28.9 Å². The van der Waals surface area contributed by atoms with Gasteiger partial charge in [-0.15, -0.1) is 17.5 Å². The van der Waals surface area contributed by atoms with Crippen LogP contribution in [-0.2, 0) is 13.0 Å². The fraction of sp³-hybridized carbons (Fsp3) is 0.130. The van der Waals surface area contributed by atoms with Gasteiger partial charge in [0.15, 0.2) is 5.82 Å². The van der Waals surface area contributed by atoms with Crippen LogP contribution in [0.3, 0.4) is 0 Å². The zero-order valence-corrected chi connectivity index (χ0v) is 18.5. The largest absolute Gasteiger partial charge is 0.320 e. The molecule has 4 aromatic rings. The van der Waals surface area contributed by atoms with Gasteiger partial charge in [-0.3, -0.25) is 5.43 Å². The number of nitrogens with zero attached hydrogens (tertiary/aromatic N) is 3. The van der Waals surface area contributed by atoms with Gasteiger partial charge in [0.05, 0.1) is 11.2 Å². The summed E-state index contributed by atoms with van der Waals surface area (Å²) in [6.07, 6.45) is 0.898. The molecule has 29 heavy (non-hydrogen) atoms. The maximum absolute atomic E-state index is 4.59. The van der Waals surface area contributed by atoms with Crippen LogP contribution < -0.4 is 5.43 Å². The molecule has 0 fully saturated rings. The maximum atomic E-state index is 4.59. The quantitative estimate of drug-likeness (QED) is 0.230. The molecule has 1 N–H and O–H groups in total. The highest BCUT2D eigenvalue weighted by atomic mass is 79.9. The van der Waals surface area contributed by atoms with Crippen molar-refractivity contribution in [3.8, 4) is 0 Å². The van der Waals surface area contributed by atoms with Crippen molar-refractivity contribution in [1.29, 1.82) is 0 Å². The molecule has 4 nitrogen and oxygen atoms in total. The van der Waals surface area contributed by atoms with Crippen molar-refractivity contribution in [3.63, 3.8) is 0 Å². The van der Waals surface area contributed by atoms with Gasteiger partial charge < -0.3 is 4.57 Å². The molecule has 6 heteroatoms. The predicted molar refractivity (Wildman–Crippen MR) is 126 cm³/mol. The van der Waals surface area contributed by atoms with Crippen LogP contribution in [0, 0.1) is 0 Å². The van der Waals surface area contributed by atoms with E-state index < -0.39 is 0 Å². The van der Waals surface area contributed by atoms with E-state index in [9.17, 15) is 0 Å². The molecule has 0 unspecified atom stereocenters. The Kier molecular flexibility index (Phi) is 7.07. The Balaban J connectivity index is 0.00000240. The fourth-order valence-electron chi connectivity index (χ4n) is 3.41. The molecular formula is C23H22BrClN4. The predicted octanol–water partition coefficient (Wildman–Crippen LogP) is 7.55. The van der Waals surface area contributed by atoms with E-state index in [4.69, 9.17) is 0 Å². The third kappa shape index (κ3) is 4.69. The number of nitrogens with one attached hydrogen (secondary N) is 1. The first-order valence-corrected chi connectivity index (χ1v) is 10.1. The highest BCUT2D eigenvalue weighted by Gasteiger charge is 2.16. The molecule has 1 aromatic heterocycles. The van der Waals surface area contributed by atoms with E-state index >= 15 is 0 Å². The molecule has 0 aliphatic rings. The van der Waals surface area contributed by atoms with Crippen LogP contribution in [0.1, 0.15) is 18.1 Å². The van der Waals surface area contributed by atoms with Crippen LogP contribution in [-0.4, -0.2) is 4.57 Å². The first kappa shape index (κ1) is 21.1. The van der Waals surface area contributed by atoms with Crippen LogP contribution in [0.25, 0.3) is 10.9 Å². The first-order chi connectivity index (χ1) is 13.8. The zero-order valence-electron chi connectivity index (χ0n) is 16.0. The Morgan fingerprint density at radius 3 is 2.31 bits per heavy atom. The normalized spacial score (nSPS) is 11.0. The smallest absolute Gasteiger partial charge is 0.161 e. The number of aromatic nitrogens is 1. The van der Waals surface area contributed by atoms with Crippen LogP contribution in [0.5, 0.6) is 0 Å². The lowest BCUT2D eigenvalue weighted by Crippen LogP contribution is -1.99. The number of aryl methyl sites for hydroxylation is 1. The van der Waals surface area contributed by atoms with Crippen LogP contribution in [0.15, 0.2) is 93.7 Å². The lowest BCUT2D eigenvalue weighted by atomic mass is 10.1. The highest BCUT2D eigenvalue weighted by molar-refractivity contribution is 9.10. The number of halogens is 2. The molecule has 0 amide bonds. The lowest BCUT2D eigenvalue weighted by Gasteiger charge is -2.08. The molecule has 0 saturated heterocycles. The van der Waals surface area contributed by atoms with E-state index in [0.29, 0.717) is 0 Å². The van der Waals surface area contributed by atoms with Gasteiger partial charge in [-0.2, -0.15) is 0 Å². The minimum Gasteiger partial charge on any atom is -0.320 e. The van der Waals surface area contributed by atoms with Gasteiger partial charge in [0, 0.05) is 22.0 Å². The van der Waals surface area contributed by atoms with E-state index in [1.165, 1.54) is 22.0 Å². The van der Waals surface area contributed by atoms with Crippen molar-refractivity contribution < 1.29 is 0 Å². The summed E-state index contributed by atoms with van der Waals surface area (Å²) in [7, 11) is 0. The summed E-state index contributed by atoms with van der Waals surface area (Å²) in [5.74, 6) is 0.900. The van der Waals surface area contributed by atoms with Crippen molar-refractivity contribution in [2.45, 2.75) is 19.9 Å². The molecule has 0 aliphatic carbocycles. The Morgan fingerprint density at radius 1 is 0.897 bits per heavy atom. The highest BCUT2D eigenvalue weighted by Crippen LogP contribution is 2.34. The summed E-state index contributed by atoms with van der Waals surface area (Å²) in [5.41, 5.74) is 7.57. The van der Waals surface area contributed by atoms with Crippen LogP contribution in [0.4, 0.5) is 11.5 Å². The minimum absolute atomic E-state index is 0. The van der Waals surface area contributed by atoms with Gasteiger partial charge in [0.25, 0.3) is 0 Å². The van der Waals surface area contributed by atoms with E-state index in [-0.39, 0.29) is 12.4 Å².